The predicted molar refractivity (Wildman–Crippen MR) is 105 cm³/mol. The summed E-state index contributed by atoms with van der Waals surface area (Å²) in [5, 5.41) is 11.9. The van der Waals surface area contributed by atoms with Crippen molar-refractivity contribution in [1.82, 2.24) is 0 Å². The first-order chi connectivity index (χ1) is 13.0. The van der Waals surface area contributed by atoms with Crippen LogP contribution in [0.4, 0.5) is 21.5 Å². The van der Waals surface area contributed by atoms with Crippen LogP contribution in [0.5, 0.6) is 0 Å². The number of hydrogen-bond donors (Lipinski definition) is 4. The van der Waals surface area contributed by atoms with Gasteiger partial charge in [-0.05, 0) is 60.5 Å². The number of amides is 1. The third-order valence-corrected chi connectivity index (χ3v) is 4.75. The molecule has 0 heterocycles. The molecule has 138 valence electrons. The Morgan fingerprint density at radius 2 is 1.78 bits per heavy atom. The van der Waals surface area contributed by atoms with Crippen molar-refractivity contribution < 1.29 is 19.9 Å². The average molecular weight is 405 g/mol. The van der Waals surface area contributed by atoms with Gasteiger partial charge in [-0.25, -0.2) is 9.60 Å². The predicted octanol–water partition coefficient (Wildman–Crippen LogP) is 4.43. The minimum Gasteiger partial charge on any atom is -0.326 e. The SMILES string of the molecule is O=C(Nc1ccc(SNc2ccc(F)c(Cl)c2)cc1)c1cccc([NH2+]O)c1. The van der Waals surface area contributed by atoms with Crippen LogP contribution in [0.1, 0.15) is 10.4 Å². The summed E-state index contributed by atoms with van der Waals surface area (Å²) in [6.07, 6.45) is 0. The van der Waals surface area contributed by atoms with E-state index >= 15 is 0 Å². The Morgan fingerprint density at radius 1 is 1.04 bits per heavy atom. The van der Waals surface area contributed by atoms with Gasteiger partial charge in [0.25, 0.3) is 5.91 Å². The van der Waals surface area contributed by atoms with E-state index in [1.165, 1.54) is 24.1 Å². The van der Waals surface area contributed by atoms with Gasteiger partial charge >= 0.3 is 0 Å². The normalized spacial score (nSPS) is 10.5. The number of carbonyl (C=O) groups is 1. The Balaban J connectivity index is 1.59. The zero-order valence-corrected chi connectivity index (χ0v) is 15.5. The van der Waals surface area contributed by atoms with Gasteiger partial charge in [-0.15, -0.1) is 0 Å². The van der Waals surface area contributed by atoms with Crippen LogP contribution in [0.2, 0.25) is 5.02 Å². The van der Waals surface area contributed by atoms with E-state index in [4.69, 9.17) is 16.8 Å². The molecule has 0 aliphatic rings. The number of quaternary nitrogens is 1. The maximum absolute atomic E-state index is 13.2. The van der Waals surface area contributed by atoms with Crippen LogP contribution in [0, 0.1) is 5.82 Å². The van der Waals surface area contributed by atoms with Crippen molar-refractivity contribution in [2.45, 2.75) is 4.90 Å². The molecule has 0 bridgehead atoms. The summed E-state index contributed by atoms with van der Waals surface area (Å²) in [6.45, 7) is 0. The summed E-state index contributed by atoms with van der Waals surface area (Å²) in [5.41, 5.74) is 3.29. The molecule has 27 heavy (non-hydrogen) atoms. The lowest BCUT2D eigenvalue weighted by Gasteiger charge is -2.08. The summed E-state index contributed by atoms with van der Waals surface area (Å²) >= 11 is 7.10. The minimum atomic E-state index is -0.463. The largest absolute Gasteiger partial charge is 0.326 e. The van der Waals surface area contributed by atoms with Crippen LogP contribution >= 0.6 is 23.5 Å². The number of hydrogen-bond acceptors (Lipinski definition) is 4. The molecule has 0 spiro atoms. The second-order valence-corrected chi connectivity index (χ2v) is 6.85. The van der Waals surface area contributed by atoms with Gasteiger partial charge in [-0.2, -0.15) is 5.48 Å². The fourth-order valence-electron chi connectivity index (χ4n) is 2.25. The van der Waals surface area contributed by atoms with Gasteiger partial charge in [0.2, 0.25) is 0 Å². The highest BCUT2D eigenvalue weighted by Crippen LogP contribution is 2.26. The van der Waals surface area contributed by atoms with E-state index in [0.717, 1.165) is 10.4 Å². The second kappa shape index (κ2) is 8.88. The van der Waals surface area contributed by atoms with Crippen LogP contribution in [0.15, 0.2) is 71.6 Å². The van der Waals surface area contributed by atoms with Crippen molar-refractivity contribution in [3.8, 4) is 0 Å². The molecule has 8 heteroatoms. The first-order valence-electron chi connectivity index (χ1n) is 7.92. The quantitative estimate of drug-likeness (QED) is 0.278. The Kier molecular flexibility index (Phi) is 6.31. The van der Waals surface area contributed by atoms with E-state index < -0.39 is 5.82 Å². The first-order valence-corrected chi connectivity index (χ1v) is 9.11. The fraction of sp³-hybridized carbons (Fsp3) is 0. The molecule has 0 atom stereocenters. The van der Waals surface area contributed by atoms with Gasteiger partial charge in [-0.3, -0.25) is 4.79 Å². The Labute approximate surface area is 164 Å². The number of nitrogens with one attached hydrogen (secondary N) is 2. The van der Waals surface area contributed by atoms with Crippen molar-refractivity contribution >= 4 is 46.5 Å². The molecule has 0 aromatic heterocycles. The van der Waals surface area contributed by atoms with Crippen molar-refractivity contribution in [1.29, 1.82) is 0 Å². The third kappa shape index (κ3) is 5.21. The first kappa shape index (κ1) is 19.2. The maximum atomic E-state index is 13.2. The van der Waals surface area contributed by atoms with Crippen molar-refractivity contribution in [2.24, 2.45) is 0 Å². The summed E-state index contributed by atoms with van der Waals surface area (Å²) in [6, 6.07) is 18.3. The molecular weight excluding hydrogens is 389 g/mol. The van der Waals surface area contributed by atoms with Crippen molar-refractivity contribution in [3.05, 3.63) is 83.1 Å². The Morgan fingerprint density at radius 3 is 2.48 bits per heavy atom. The number of benzene rings is 3. The highest BCUT2D eigenvalue weighted by molar-refractivity contribution is 8.00. The highest BCUT2D eigenvalue weighted by Gasteiger charge is 2.08. The van der Waals surface area contributed by atoms with Gasteiger partial charge < -0.3 is 10.0 Å². The molecule has 5 N–H and O–H groups in total. The van der Waals surface area contributed by atoms with E-state index in [2.05, 4.69) is 10.0 Å². The Hall–Kier alpha value is -2.58. The molecule has 0 fully saturated rings. The zero-order valence-electron chi connectivity index (χ0n) is 13.9. The van der Waals surface area contributed by atoms with E-state index in [9.17, 15) is 9.18 Å². The molecular formula is C19H16ClFN3O2S+. The number of nitrogens with two attached hydrogens (primary N) is 1. The molecule has 0 aliphatic carbocycles. The minimum absolute atomic E-state index is 0.0570. The topological polar surface area (TPSA) is 78.0 Å². The molecule has 1 amide bonds. The average Bonchev–Trinajstić information content (AvgIpc) is 2.70. The summed E-state index contributed by atoms with van der Waals surface area (Å²) < 4.78 is 16.2. The molecule has 3 aromatic carbocycles. The van der Waals surface area contributed by atoms with Gasteiger partial charge in [0.15, 0.2) is 5.69 Å². The Bertz CT molecular complexity index is 954. The van der Waals surface area contributed by atoms with Crippen molar-refractivity contribution in [2.75, 3.05) is 10.0 Å². The van der Waals surface area contributed by atoms with E-state index in [1.807, 2.05) is 12.1 Å². The van der Waals surface area contributed by atoms with Crippen LogP contribution in [-0.2, 0) is 0 Å². The fourth-order valence-corrected chi connectivity index (χ4v) is 3.06. The molecule has 0 unspecified atom stereocenters. The molecule has 0 saturated carbocycles. The molecule has 5 nitrogen and oxygen atoms in total. The molecule has 0 aliphatic heterocycles. The highest BCUT2D eigenvalue weighted by atomic mass is 35.5. The van der Waals surface area contributed by atoms with Crippen molar-refractivity contribution in [3.63, 3.8) is 0 Å². The van der Waals surface area contributed by atoms with Crippen LogP contribution in [0.25, 0.3) is 0 Å². The monoisotopic (exact) mass is 404 g/mol. The smallest absolute Gasteiger partial charge is 0.255 e. The maximum Gasteiger partial charge on any atom is 0.255 e. The number of anilines is 2. The van der Waals surface area contributed by atoms with E-state index in [1.54, 1.807) is 42.5 Å². The summed E-state index contributed by atoms with van der Waals surface area (Å²) in [5.74, 6) is -0.729. The zero-order chi connectivity index (χ0) is 19.2. The van der Waals surface area contributed by atoms with Crippen LogP contribution in [-0.4, -0.2) is 11.1 Å². The van der Waals surface area contributed by atoms with E-state index in [0.29, 0.717) is 22.6 Å². The number of carbonyl (C=O) groups excluding carboxylic acids is 1. The summed E-state index contributed by atoms with van der Waals surface area (Å²) in [4.78, 5) is 13.2. The lowest BCUT2D eigenvalue weighted by Crippen LogP contribution is -2.73. The lowest BCUT2D eigenvalue weighted by molar-refractivity contribution is -0.825. The van der Waals surface area contributed by atoms with E-state index in [-0.39, 0.29) is 10.9 Å². The van der Waals surface area contributed by atoms with Crippen LogP contribution in [0.3, 0.4) is 0 Å². The van der Waals surface area contributed by atoms with Gasteiger partial charge in [0.05, 0.1) is 5.02 Å². The van der Waals surface area contributed by atoms with Gasteiger partial charge in [0, 0.05) is 34.0 Å². The van der Waals surface area contributed by atoms with Gasteiger partial charge in [-0.1, -0.05) is 17.7 Å². The third-order valence-electron chi connectivity index (χ3n) is 3.62. The number of halogens is 2. The lowest BCUT2D eigenvalue weighted by atomic mass is 10.2. The molecule has 0 radical (unpaired) electrons. The van der Waals surface area contributed by atoms with Gasteiger partial charge in [0.1, 0.15) is 5.82 Å². The number of rotatable bonds is 6. The molecule has 3 rings (SSSR count). The molecule has 3 aromatic rings. The molecule has 0 saturated heterocycles. The van der Waals surface area contributed by atoms with Crippen LogP contribution < -0.4 is 15.5 Å². The standard InChI is InChI=1S/C19H15ClFN3O2S/c20-17-11-15(6-9-18(17)21)24-27-16-7-4-13(5-8-16)22-19(25)12-2-1-3-14(10-12)23-26/h1-11,23-24,26H,(H,22,25)/p+1. The second-order valence-electron chi connectivity index (χ2n) is 5.57. The summed E-state index contributed by atoms with van der Waals surface area (Å²) in [7, 11) is 0.